The van der Waals surface area contributed by atoms with E-state index >= 15 is 0 Å². The number of nitrogens with zero attached hydrogens (tertiary/aromatic N) is 4. The summed E-state index contributed by atoms with van der Waals surface area (Å²) in [7, 11) is 0. The minimum absolute atomic E-state index is 0.0803. The second-order valence-electron chi connectivity index (χ2n) is 13.5. The average molecular weight is 723 g/mol. The van der Waals surface area contributed by atoms with Crippen LogP contribution in [0.1, 0.15) is 8.22 Å². The van der Waals surface area contributed by atoms with Crippen LogP contribution in [-0.2, 0) is 0 Å². The van der Waals surface area contributed by atoms with Gasteiger partial charge >= 0.3 is 0 Å². The fourth-order valence-corrected chi connectivity index (χ4v) is 7.76. The number of rotatable bonds is 6. The number of aromatic nitrogens is 4. The number of benzene rings is 8. The molecule has 5 heteroatoms. The van der Waals surface area contributed by atoms with Gasteiger partial charge in [0.1, 0.15) is 11.2 Å². The Balaban J connectivity index is 1.32. The molecule has 0 unspecified atom stereocenters. The standard InChI is InChI=1S/C51H32N4O/c1-3-17-33(18-4-1)35-21-7-8-25-42(35)50-52-49(34-19-5-2-6-20-34)53-51(54-50)43-29-15-26-39(41-28-16-27-40-38-24-11-14-32-46(38)56-48(40)41)47(43)55-44-30-12-9-22-36(44)37-23-10-13-31-45(37)55/h1-32H/i9D,10D,22D,23D,30D,31D. The van der Waals surface area contributed by atoms with Crippen LogP contribution >= 0.6 is 0 Å². The van der Waals surface area contributed by atoms with Crippen molar-refractivity contribution < 1.29 is 12.6 Å². The fourth-order valence-electron chi connectivity index (χ4n) is 7.76. The molecule has 0 atom stereocenters. The van der Waals surface area contributed by atoms with E-state index in [2.05, 4.69) is 0 Å². The zero-order valence-corrected chi connectivity index (χ0v) is 29.7. The first kappa shape index (κ1) is 26.2. The van der Waals surface area contributed by atoms with Gasteiger partial charge in [0.2, 0.25) is 0 Å². The monoisotopic (exact) mass is 722 g/mol. The Morgan fingerprint density at radius 2 is 0.929 bits per heavy atom. The van der Waals surface area contributed by atoms with Crippen LogP contribution in [0.2, 0.25) is 0 Å². The van der Waals surface area contributed by atoms with Gasteiger partial charge in [0.05, 0.1) is 24.9 Å². The summed E-state index contributed by atoms with van der Waals surface area (Å²) >= 11 is 0. The highest BCUT2D eigenvalue weighted by molar-refractivity contribution is 6.13. The normalized spacial score (nSPS) is 13.1. The molecule has 0 fully saturated rings. The molecule has 3 aromatic heterocycles. The number of furan rings is 1. The summed E-state index contributed by atoms with van der Waals surface area (Å²) in [5, 5.41) is 2.12. The molecule has 11 rings (SSSR count). The van der Waals surface area contributed by atoms with Crippen molar-refractivity contribution in [2.45, 2.75) is 0 Å². The second kappa shape index (κ2) is 13.0. The van der Waals surface area contributed by atoms with Gasteiger partial charge in [-0.2, -0.15) is 0 Å². The van der Waals surface area contributed by atoms with Gasteiger partial charge in [0.25, 0.3) is 0 Å². The number of fused-ring (bicyclic) bond motifs is 6. The van der Waals surface area contributed by atoms with E-state index in [1.165, 1.54) is 12.1 Å². The molecule has 3 heterocycles. The third-order valence-electron chi connectivity index (χ3n) is 10.2. The topological polar surface area (TPSA) is 56.7 Å². The lowest BCUT2D eigenvalue weighted by Crippen LogP contribution is -2.05. The molecule has 0 aliphatic rings. The lowest BCUT2D eigenvalue weighted by Gasteiger charge is -2.19. The average Bonchev–Trinajstić information content (AvgIpc) is 3.88. The van der Waals surface area contributed by atoms with Crippen LogP contribution < -0.4 is 0 Å². The Morgan fingerprint density at radius 1 is 0.393 bits per heavy atom. The maximum atomic E-state index is 9.42. The van der Waals surface area contributed by atoms with Crippen molar-refractivity contribution in [3.05, 3.63) is 194 Å². The first-order valence-electron chi connectivity index (χ1n) is 21.3. The maximum absolute atomic E-state index is 9.42. The van der Waals surface area contributed by atoms with Gasteiger partial charge in [-0.25, -0.2) is 15.0 Å². The molecule has 0 saturated carbocycles. The minimum Gasteiger partial charge on any atom is -0.455 e. The van der Waals surface area contributed by atoms with E-state index in [4.69, 9.17) is 22.1 Å². The highest BCUT2D eigenvalue weighted by atomic mass is 16.3. The molecule has 5 nitrogen and oxygen atoms in total. The molecule has 0 aliphatic heterocycles. The van der Waals surface area contributed by atoms with Crippen LogP contribution in [0.3, 0.4) is 0 Å². The Hall–Kier alpha value is -7.63. The molecule has 0 spiro atoms. The Kier molecular flexibility index (Phi) is 6.10. The lowest BCUT2D eigenvalue weighted by atomic mass is 9.96. The third-order valence-corrected chi connectivity index (χ3v) is 10.2. The van der Waals surface area contributed by atoms with Crippen molar-refractivity contribution >= 4 is 43.7 Å². The van der Waals surface area contributed by atoms with Crippen molar-refractivity contribution in [3.8, 4) is 62.1 Å². The molecular weight excluding hydrogens is 685 g/mol. The Morgan fingerprint density at radius 3 is 1.68 bits per heavy atom. The van der Waals surface area contributed by atoms with E-state index in [9.17, 15) is 5.48 Å². The number of hydrogen-bond acceptors (Lipinski definition) is 4. The van der Waals surface area contributed by atoms with E-state index in [1.54, 1.807) is 4.57 Å². The van der Waals surface area contributed by atoms with Crippen molar-refractivity contribution in [1.82, 2.24) is 19.5 Å². The first-order valence-corrected chi connectivity index (χ1v) is 18.3. The Labute approximate surface area is 331 Å². The molecule has 0 saturated heterocycles. The zero-order chi connectivity index (χ0) is 42.2. The van der Waals surface area contributed by atoms with Crippen LogP contribution in [0, 0.1) is 0 Å². The lowest BCUT2D eigenvalue weighted by molar-refractivity contribution is 0.670. The molecule has 0 bridgehead atoms. The van der Waals surface area contributed by atoms with Gasteiger partial charge in [-0.05, 0) is 35.3 Å². The van der Waals surface area contributed by atoms with Gasteiger partial charge in [0.15, 0.2) is 17.5 Å². The third kappa shape index (κ3) is 5.13. The largest absolute Gasteiger partial charge is 0.455 e. The second-order valence-corrected chi connectivity index (χ2v) is 13.5. The summed E-state index contributed by atoms with van der Waals surface area (Å²) in [6.07, 6.45) is 0. The molecule has 0 radical (unpaired) electrons. The predicted octanol–water partition coefficient (Wildman–Crippen LogP) is 13.2. The van der Waals surface area contributed by atoms with Gasteiger partial charge < -0.3 is 8.98 Å². The molecule has 262 valence electrons. The van der Waals surface area contributed by atoms with E-state index in [0.717, 1.165) is 33.0 Å². The van der Waals surface area contributed by atoms with Gasteiger partial charge in [-0.3, -0.25) is 0 Å². The Bertz CT molecular complexity index is 3530. The quantitative estimate of drug-likeness (QED) is 0.171. The summed E-state index contributed by atoms with van der Waals surface area (Å²) in [5.74, 6) is 1.14. The molecule has 8 aromatic carbocycles. The molecule has 11 aromatic rings. The van der Waals surface area contributed by atoms with Crippen LogP contribution in [0.4, 0.5) is 0 Å². The summed E-state index contributed by atoms with van der Waals surface area (Å²) in [4.78, 5) is 15.6. The van der Waals surface area contributed by atoms with Gasteiger partial charge in [-0.1, -0.05) is 170 Å². The molecule has 0 N–H and O–H groups in total. The smallest absolute Gasteiger partial charge is 0.166 e. The van der Waals surface area contributed by atoms with Gasteiger partial charge in [-0.15, -0.1) is 0 Å². The van der Waals surface area contributed by atoms with E-state index in [1.807, 2.05) is 146 Å². The minimum atomic E-state index is -0.206. The fraction of sp³-hybridized carbons (Fsp3) is 0. The zero-order valence-electron chi connectivity index (χ0n) is 35.7. The van der Waals surface area contributed by atoms with Crippen LogP contribution in [0.25, 0.3) is 106 Å². The van der Waals surface area contributed by atoms with Crippen LogP contribution in [0.15, 0.2) is 198 Å². The van der Waals surface area contributed by atoms with E-state index in [-0.39, 0.29) is 58.1 Å². The van der Waals surface area contributed by atoms with Crippen molar-refractivity contribution in [3.63, 3.8) is 0 Å². The van der Waals surface area contributed by atoms with E-state index < -0.39 is 0 Å². The van der Waals surface area contributed by atoms with Crippen molar-refractivity contribution in [2.75, 3.05) is 0 Å². The summed E-state index contributed by atoms with van der Waals surface area (Å²) in [6, 6.07) is 48.9. The highest BCUT2D eigenvalue weighted by Gasteiger charge is 2.24. The molecule has 0 aliphatic carbocycles. The van der Waals surface area contributed by atoms with E-state index in [0.29, 0.717) is 51.0 Å². The molecule has 56 heavy (non-hydrogen) atoms. The maximum Gasteiger partial charge on any atom is 0.166 e. The van der Waals surface area contributed by atoms with Crippen molar-refractivity contribution in [2.24, 2.45) is 0 Å². The summed E-state index contributed by atoms with van der Waals surface area (Å²) in [5.41, 5.74) is 7.54. The first-order chi connectivity index (χ1) is 30.3. The summed E-state index contributed by atoms with van der Waals surface area (Å²) < 4.78 is 62.9. The van der Waals surface area contributed by atoms with Crippen LogP contribution in [-0.4, -0.2) is 19.5 Å². The number of para-hydroxylation sites is 5. The van der Waals surface area contributed by atoms with Gasteiger partial charge in [0, 0.05) is 49.4 Å². The molecule has 0 amide bonds. The van der Waals surface area contributed by atoms with Crippen molar-refractivity contribution in [1.29, 1.82) is 0 Å². The number of hydrogen-bond donors (Lipinski definition) is 0. The van der Waals surface area contributed by atoms with Crippen LogP contribution in [0.5, 0.6) is 0 Å². The SMILES string of the molecule is [2H]c1cc([2H])c2c(c1[2H])c1c([2H])c([2H])cc([2H])c1n2-c1c(-c2nc(-c3ccccc3)nc(-c3ccccc3-c3ccccc3)n2)cccc1-c1cccc2c1oc1ccccc12. The summed E-state index contributed by atoms with van der Waals surface area (Å²) in [6.45, 7) is 0. The predicted molar refractivity (Wildman–Crippen MR) is 229 cm³/mol. The molecular formula is C51H32N4O. The highest BCUT2D eigenvalue weighted by Crippen LogP contribution is 2.44.